The lowest BCUT2D eigenvalue weighted by molar-refractivity contribution is -0.159. The van der Waals surface area contributed by atoms with E-state index >= 15 is 0 Å². The van der Waals surface area contributed by atoms with Crippen molar-refractivity contribution in [1.29, 1.82) is 0 Å². The van der Waals surface area contributed by atoms with Crippen molar-refractivity contribution in [2.45, 2.75) is 53.1 Å². The second kappa shape index (κ2) is 6.35. The summed E-state index contributed by atoms with van der Waals surface area (Å²) in [7, 11) is -3.92. The van der Waals surface area contributed by atoms with Crippen molar-refractivity contribution in [1.82, 2.24) is 0 Å². The molecule has 0 rings (SSSR count). The molecule has 5 nitrogen and oxygen atoms in total. The minimum atomic E-state index is -3.92. The predicted molar refractivity (Wildman–Crippen MR) is 65.3 cm³/mol. The maximum absolute atomic E-state index is 11.7. The van der Waals surface area contributed by atoms with Crippen LogP contribution in [0.1, 0.15) is 47.0 Å². The van der Waals surface area contributed by atoms with Gasteiger partial charge in [-0.25, -0.2) is 0 Å². The molecule has 0 aliphatic heterocycles. The summed E-state index contributed by atoms with van der Waals surface area (Å²) in [5.41, 5.74) is -0.517. The van der Waals surface area contributed by atoms with E-state index in [4.69, 9.17) is 9.29 Å². The molecule has 0 aliphatic carbocycles. The van der Waals surface area contributed by atoms with Crippen LogP contribution in [0.2, 0.25) is 0 Å². The lowest BCUT2D eigenvalue weighted by atomic mass is 9.90. The number of rotatable bonds is 7. The first kappa shape index (κ1) is 16.4. The minimum absolute atomic E-state index is 0.278. The number of esters is 1. The largest absolute Gasteiger partial charge is 0.462 e. The van der Waals surface area contributed by atoms with Crippen LogP contribution in [0.15, 0.2) is 0 Å². The van der Waals surface area contributed by atoms with Crippen LogP contribution in [-0.4, -0.2) is 30.8 Å². The molecule has 1 unspecified atom stereocenters. The second-order valence-electron chi connectivity index (χ2n) is 4.88. The highest BCUT2D eigenvalue weighted by Gasteiger charge is 2.28. The summed E-state index contributed by atoms with van der Waals surface area (Å²) in [6.07, 6.45) is 1.05. The zero-order valence-corrected chi connectivity index (χ0v) is 11.7. The maximum Gasteiger partial charge on any atom is 0.311 e. The van der Waals surface area contributed by atoms with Crippen molar-refractivity contribution in [2.24, 2.45) is 5.41 Å². The van der Waals surface area contributed by atoms with Crippen molar-refractivity contribution in [2.75, 3.05) is 5.75 Å². The van der Waals surface area contributed by atoms with Crippen LogP contribution in [0, 0.1) is 5.41 Å². The summed E-state index contributed by atoms with van der Waals surface area (Å²) >= 11 is 0. The number of carbonyl (C=O) groups excluding carboxylic acids is 1. The molecule has 0 fully saturated rings. The average molecular weight is 266 g/mol. The molecule has 0 amide bonds. The molecular weight excluding hydrogens is 244 g/mol. The Morgan fingerprint density at radius 2 is 1.94 bits per heavy atom. The Morgan fingerprint density at radius 3 is 2.35 bits per heavy atom. The highest BCUT2D eigenvalue weighted by Crippen LogP contribution is 2.22. The second-order valence-corrected chi connectivity index (χ2v) is 6.45. The van der Waals surface area contributed by atoms with Gasteiger partial charge in [-0.3, -0.25) is 9.35 Å². The first-order valence-electron chi connectivity index (χ1n) is 5.74. The molecule has 1 atom stereocenters. The highest BCUT2D eigenvalue weighted by atomic mass is 32.2. The Kier molecular flexibility index (Phi) is 6.12. The van der Waals surface area contributed by atoms with E-state index in [1.807, 2.05) is 6.92 Å². The molecule has 0 spiro atoms. The molecule has 6 heteroatoms. The fraction of sp³-hybridized carbons (Fsp3) is 0.909. The molecule has 0 aliphatic rings. The van der Waals surface area contributed by atoms with Crippen LogP contribution < -0.4 is 0 Å². The molecule has 102 valence electrons. The molecule has 1 N–H and O–H groups in total. The van der Waals surface area contributed by atoms with E-state index in [1.165, 1.54) is 0 Å². The third-order valence-corrected chi connectivity index (χ3v) is 3.56. The maximum atomic E-state index is 11.7. The average Bonchev–Trinajstić information content (AvgIpc) is 2.15. The molecule has 0 saturated carbocycles. The standard InChI is InChI=1S/C11H22O5S/c1-5-11(3,4)10(12)16-9(2)7-6-8-17(13,14)15/h9H,5-8H2,1-4H3,(H,13,14,15). The van der Waals surface area contributed by atoms with Crippen molar-refractivity contribution in [3.63, 3.8) is 0 Å². The summed E-state index contributed by atoms with van der Waals surface area (Å²) < 4.78 is 34.7. The van der Waals surface area contributed by atoms with E-state index in [0.717, 1.165) is 0 Å². The summed E-state index contributed by atoms with van der Waals surface area (Å²) in [4.78, 5) is 11.7. The van der Waals surface area contributed by atoms with Crippen LogP contribution in [0.4, 0.5) is 0 Å². The van der Waals surface area contributed by atoms with Crippen molar-refractivity contribution in [3.05, 3.63) is 0 Å². The molecule has 0 saturated heterocycles. The van der Waals surface area contributed by atoms with Crippen LogP contribution in [-0.2, 0) is 19.6 Å². The number of ether oxygens (including phenoxy) is 1. The van der Waals surface area contributed by atoms with Gasteiger partial charge < -0.3 is 4.74 Å². The van der Waals surface area contributed by atoms with Gasteiger partial charge in [0.05, 0.1) is 17.3 Å². The Balaban J connectivity index is 4.03. The fourth-order valence-corrected chi connectivity index (χ4v) is 1.63. The van der Waals surface area contributed by atoms with E-state index in [0.29, 0.717) is 12.8 Å². The molecule has 0 bridgehead atoms. The van der Waals surface area contributed by atoms with E-state index in [2.05, 4.69) is 0 Å². The van der Waals surface area contributed by atoms with E-state index < -0.39 is 15.5 Å². The zero-order chi connectivity index (χ0) is 13.7. The van der Waals surface area contributed by atoms with Crippen LogP contribution >= 0.6 is 0 Å². The van der Waals surface area contributed by atoms with Crippen molar-refractivity contribution in [3.8, 4) is 0 Å². The number of carbonyl (C=O) groups is 1. The summed E-state index contributed by atoms with van der Waals surface area (Å²) in [6, 6.07) is 0. The lowest BCUT2D eigenvalue weighted by Crippen LogP contribution is -2.29. The van der Waals surface area contributed by atoms with Gasteiger partial charge in [-0.2, -0.15) is 8.42 Å². The fourth-order valence-electron chi connectivity index (χ4n) is 1.10. The third-order valence-electron chi connectivity index (χ3n) is 2.76. The van der Waals surface area contributed by atoms with Gasteiger partial charge in [-0.1, -0.05) is 6.92 Å². The zero-order valence-electron chi connectivity index (χ0n) is 10.9. The molecule has 0 aromatic heterocycles. The Morgan fingerprint density at radius 1 is 1.41 bits per heavy atom. The van der Waals surface area contributed by atoms with Crippen LogP contribution in [0.25, 0.3) is 0 Å². The van der Waals surface area contributed by atoms with E-state index in [-0.39, 0.29) is 24.2 Å². The third kappa shape index (κ3) is 7.33. The van der Waals surface area contributed by atoms with Gasteiger partial charge >= 0.3 is 5.97 Å². The molecule has 0 aromatic rings. The first-order chi connectivity index (χ1) is 7.58. The first-order valence-corrected chi connectivity index (χ1v) is 7.35. The highest BCUT2D eigenvalue weighted by molar-refractivity contribution is 7.85. The van der Waals surface area contributed by atoms with E-state index in [1.54, 1.807) is 20.8 Å². The molecule has 0 heterocycles. The van der Waals surface area contributed by atoms with Crippen molar-refractivity contribution >= 4 is 16.1 Å². The molecule has 17 heavy (non-hydrogen) atoms. The monoisotopic (exact) mass is 266 g/mol. The van der Waals surface area contributed by atoms with Crippen LogP contribution in [0.5, 0.6) is 0 Å². The van der Waals surface area contributed by atoms with Gasteiger partial charge in [0.1, 0.15) is 0 Å². The number of hydrogen-bond acceptors (Lipinski definition) is 4. The molecule has 0 radical (unpaired) electrons. The Labute approximate surface area is 103 Å². The number of hydrogen-bond donors (Lipinski definition) is 1. The molecular formula is C11H22O5S. The van der Waals surface area contributed by atoms with Gasteiger partial charge in [0.15, 0.2) is 0 Å². The predicted octanol–water partition coefficient (Wildman–Crippen LogP) is 2.02. The SMILES string of the molecule is CCC(C)(C)C(=O)OC(C)CCCS(=O)(=O)O. The quantitative estimate of drug-likeness (QED) is 0.563. The van der Waals surface area contributed by atoms with E-state index in [9.17, 15) is 13.2 Å². The Hall–Kier alpha value is -0.620. The smallest absolute Gasteiger partial charge is 0.311 e. The Bertz CT molecular complexity index is 345. The van der Waals surface area contributed by atoms with Gasteiger partial charge in [-0.15, -0.1) is 0 Å². The summed E-state index contributed by atoms with van der Waals surface area (Å²) in [5.74, 6) is -0.578. The topological polar surface area (TPSA) is 80.7 Å². The lowest BCUT2D eigenvalue weighted by Gasteiger charge is -2.23. The minimum Gasteiger partial charge on any atom is -0.462 e. The van der Waals surface area contributed by atoms with Gasteiger partial charge in [0.2, 0.25) is 0 Å². The normalized spacial score (nSPS) is 14.4. The van der Waals surface area contributed by atoms with Gasteiger partial charge in [0, 0.05) is 0 Å². The summed E-state index contributed by atoms with van der Waals surface area (Å²) in [5, 5.41) is 0. The molecule has 0 aromatic carbocycles. The van der Waals surface area contributed by atoms with Gasteiger partial charge in [0.25, 0.3) is 10.1 Å². The van der Waals surface area contributed by atoms with Crippen molar-refractivity contribution < 1.29 is 22.5 Å². The summed E-state index contributed by atoms with van der Waals surface area (Å²) in [6.45, 7) is 7.23. The van der Waals surface area contributed by atoms with Crippen LogP contribution in [0.3, 0.4) is 0 Å². The van der Waals surface area contributed by atoms with Gasteiger partial charge in [-0.05, 0) is 40.0 Å².